The number of fused-ring (bicyclic) bond motifs is 1. The highest BCUT2D eigenvalue weighted by Gasteiger charge is 2.35. The molecule has 1 aliphatic heterocycles. The maximum Gasteiger partial charge on any atom is 0.418 e. The van der Waals surface area contributed by atoms with E-state index in [2.05, 4.69) is 4.98 Å². The molecule has 3 aromatic rings. The Morgan fingerprint density at radius 1 is 1.21 bits per heavy atom. The third-order valence-corrected chi connectivity index (χ3v) is 8.23. The second kappa shape index (κ2) is 9.03. The number of benzene rings is 2. The van der Waals surface area contributed by atoms with Crippen LogP contribution < -0.4 is 4.90 Å². The highest BCUT2D eigenvalue weighted by molar-refractivity contribution is 7.91. The van der Waals surface area contributed by atoms with Crippen molar-refractivity contribution in [3.05, 3.63) is 53.6 Å². The van der Waals surface area contributed by atoms with Crippen molar-refractivity contribution in [3.8, 4) is 0 Å². The molecule has 0 aliphatic carbocycles. The highest BCUT2D eigenvalue weighted by Crippen LogP contribution is 2.39. The number of para-hydroxylation sites is 1. The Morgan fingerprint density at radius 3 is 2.55 bits per heavy atom. The van der Waals surface area contributed by atoms with Crippen LogP contribution in [0.5, 0.6) is 0 Å². The summed E-state index contributed by atoms with van der Waals surface area (Å²) in [4.78, 5) is 19.0. The second-order valence-electron chi connectivity index (χ2n) is 7.63. The molecule has 2 heterocycles. The van der Waals surface area contributed by atoms with E-state index in [4.69, 9.17) is 4.74 Å². The minimum absolute atomic E-state index is 0.0708. The van der Waals surface area contributed by atoms with Crippen LogP contribution in [-0.2, 0) is 20.8 Å². The van der Waals surface area contributed by atoms with Crippen molar-refractivity contribution in [1.82, 2.24) is 4.98 Å². The van der Waals surface area contributed by atoms with Crippen molar-refractivity contribution in [2.24, 2.45) is 0 Å². The summed E-state index contributed by atoms with van der Waals surface area (Å²) in [6.45, 7) is 2.21. The quantitative estimate of drug-likeness (QED) is 0.482. The fraction of sp³-hybridized carbons (Fsp3) is 0.364. The van der Waals surface area contributed by atoms with Crippen LogP contribution in [0.25, 0.3) is 10.2 Å². The minimum Gasteiger partial charge on any atom is -0.376 e. The lowest BCUT2D eigenvalue weighted by Crippen LogP contribution is -2.37. The summed E-state index contributed by atoms with van der Waals surface area (Å²) < 4.78 is 70.5. The van der Waals surface area contributed by atoms with Gasteiger partial charge in [0.15, 0.2) is 15.0 Å². The molecule has 2 aromatic carbocycles. The molecule has 0 saturated carbocycles. The van der Waals surface area contributed by atoms with E-state index in [1.54, 1.807) is 0 Å². The van der Waals surface area contributed by atoms with E-state index in [-0.39, 0.29) is 39.5 Å². The summed E-state index contributed by atoms with van der Waals surface area (Å²) in [5.41, 5.74) is -0.862. The number of thiazole rings is 1. The first kappa shape index (κ1) is 23.7. The van der Waals surface area contributed by atoms with Crippen LogP contribution in [0.15, 0.2) is 47.4 Å². The molecule has 1 atom stereocenters. The van der Waals surface area contributed by atoms with E-state index in [9.17, 15) is 26.4 Å². The van der Waals surface area contributed by atoms with Gasteiger partial charge in [0.1, 0.15) is 0 Å². The van der Waals surface area contributed by atoms with Crippen molar-refractivity contribution in [2.75, 3.05) is 23.8 Å². The molecule has 176 valence electrons. The Bertz CT molecular complexity index is 1270. The van der Waals surface area contributed by atoms with Crippen LogP contribution >= 0.6 is 11.3 Å². The summed E-state index contributed by atoms with van der Waals surface area (Å²) in [6, 6.07) is 9.33. The van der Waals surface area contributed by atoms with Crippen LogP contribution in [0.2, 0.25) is 0 Å². The molecule has 0 spiro atoms. The summed E-state index contributed by atoms with van der Waals surface area (Å²) in [5, 5.41) is 0.132. The molecule has 11 heteroatoms. The average Bonchev–Trinajstić information content (AvgIpc) is 3.45. The van der Waals surface area contributed by atoms with Crippen molar-refractivity contribution < 1.29 is 31.1 Å². The predicted octanol–water partition coefficient (Wildman–Crippen LogP) is 4.93. The molecule has 0 bridgehead atoms. The molecule has 1 saturated heterocycles. The third-order valence-electron chi connectivity index (χ3n) is 5.44. The molecule has 0 radical (unpaired) electrons. The summed E-state index contributed by atoms with van der Waals surface area (Å²) in [7, 11) is -3.43. The summed E-state index contributed by atoms with van der Waals surface area (Å²) >= 11 is 0.996. The zero-order valence-corrected chi connectivity index (χ0v) is 19.3. The Balaban J connectivity index is 1.73. The standard InChI is InChI=1S/C22H21F3N2O4S2/c1-2-33(29,30)16-10-8-14(9-11-16)20(28)27(13-15-5-4-12-31-15)21-26-19-17(22(23,24)25)6-3-7-18(19)32-21/h3,6-11,15H,2,4-5,12-13H2,1H3. The topological polar surface area (TPSA) is 76.6 Å². The van der Waals surface area contributed by atoms with Crippen molar-refractivity contribution in [2.45, 2.75) is 36.9 Å². The number of aromatic nitrogens is 1. The second-order valence-corrected chi connectivity index (χ2v) is 10.9. The third kappa shape index (κ3) is 4.90. The number of anilines is 1. The monoisotopic (exact) mass is 498 g/mol. The molecule has 1 fully saturated rings. The smallest absolute Gasteiger partial charge is 0.376 e. The lowest BCUT2D eigenvalue weighted by Gasteiger charge is -2.23. The van der Waals surface area contributed by atoms with Crippen molar-refractivity contribution >= 4 is 42.4 Å². The Kier molecular flexibility index (Phi) is 6.47. The first-order valence-electron chi connectivity index (χ1n) is 10.3. The van der Waals surface area contributed by atoms with Gasteiger partial charge in [-0.1, -0.05) is 24.3 Å². The molecule has 1 aliphatic rings. The number of carbonyl (C=O) groups excluding carboxylic acids is 1. The minimum atomic E-state index is -4.57. The normalized spacial score (nSPS) is 16.9. The molecule has 4 rings (SSSR count). The van der Waals surface area contributed by atoms with E-state index >= 15 is 0 Å². The van der Waals surface area contributed by atoms with Gasteiger partial charge in [-0.15, -0.1) is 0 Å². The summed E-state index contributed by atoms with van der Waals surface area (Å²) in [6.07, 6.45) is -3.29. The van der Waals surface area contributed by atoms with Gasteiger partial charge in [0.25, 0.3) is 5.91 Å². The molecule has 0 N–H and O–H groups in total. The maximum atomic E-state index is 13.5. The maximum absolute atomic E-state index is 13.5. The van der Waals surface area contributed by atoms with E-state index in [0.717, 1.165) is 30.2 Å². The Labute approximate surface area is 192 Å². The molecule has 1 unspecified atom stereocenters. The van der Waals surface area contributed by atoms with Crippen LogP contribution in [0, 0.1) is 0 Å². The number of sulfone groups is 1. The fourth-order valence-electron chi connectivity index (χ4n) is 3.65. The lowest BCUT2D eigenvalue weighted by molar-refractivity contribution is -0.136. The zero-order chi connectivity index (χ0) is 23.8. The van der Waals surface area contributed by atoms with Gasteiger partial charge in [-0.2, -0.15) is 13.2 Å². The fourth-order valence-corrected chi connectivity index (χ4v) is 5.53. The first-order chi connectivity index (χ1) is 15.6. The van der Waals surface area contributed by atoms with Gasteiger partial charge in [0, 0.05) is 12.2 Å². The van der Waals surface area contributed by atoms with Crippen LogP contribution in [0.4, 0.5) is 18.3 Å². The number of rotatable bonds is 6. The largest absolute Gasteiger partial charge is 0.418 e. The molecular formula is C22H21F3N2O4S2. The van der Waals surface area contributed by atoms with Gasteiger partial charge in [0.2, 0.25) is 0 Å². The molecule has 6 nitrogen and oxygen atoms in total. The van der Waals surface area contributed by atoms with Gasteiger partial charge in [0.05, 0.1) is 39.1 Å². The van der Waals surface area contributed by atoms with Gasteiger partial charge in [-0.3, -0.25) is 9.69 Å². The van der Waals surface area contributed by atoms with Gasteiger partial charge < -0.3 is 4.74 Å². The number of hydrogen-bond acceptors (Lipinski definition) is 6. The molecule has 1 amide bonds. The van der Waals surface area contributed by atoms with E-state index in [0.29, 0.717) is 11.3 Å². The van der Waals surface area contributed by atoms with E-state index < -0.39 is 27.5 Å². The van der Waals surface area contributed by atoms with Gasteiger partial charge in [-0.25, -0.2) is 13.4 Å². The van der Waals surface area contributed by atoms with E-state index in [1.165, 1.54) is 48.2 Å². The molecule has 1 aromatic heterocycles. The lowest BCUT2D eigenvalue weighted by atomic mass is 10.1. The SMILES string of the molecule is CCS(=O)(=O)c1ccc(C(=O)N(CC2CCCO2)c2nc3c(C(F)(F)F)cccc3s2)cc1. The van der Waals surface area contributed by atoms with Crippen molar-refractivity contribution in [1.29, 1.82) is 0 Å². The molecular weight excluding hydrogens is 477 g/mol. The number of halogens is 3. The Hall–Kier alpha value is -2.50. The number of nitrogens with zero attached hydrogens (tertiary/aromatic N) is 2. The highest BCUT2D eigenvalue weighted by atomic mass is 32.2. The number of amides is 1. The van der Waals surface area contributed by atoms with Gasteiger partial charge >= 0.3 is 6.18 Å². The predicted molar refractivity (Wildman–Crippen MR) is 119 cm³/mol. The zero-order valence-electron chi connectivity index (χ0n) is 17.6. The Morgan fingerprint density at radius 2 is 1.94 bits per heavy atom. The number of hydrogen-bond donors (Lipinski definition) is 0. The average molecular weight is 499 g/mol. The van der Waals surface area contributed by atoms with Crippen LogP contribution in [0.3, 0.4) is 0 Å². The number of carbonyl (C=O) groups is 1. The summed E-state index contributed by atoms with van der Waals surface area (Å²) in [5.74, 6) is -0.558. The first-order valence-corrected chi connectivity index (χ1v) is 12.8. The van der Waals surface area contributed by atoms with Gasteiger partial charge in [-0.05, 0) is 49.2 Å². The van der Waals surface area contributed by atoms with Crippen LogP contribution in [0.1, 0.15) is 35.7 Å². The molecule has 33 heavy (non-hydrogen) atoms. The van der Waals surface area contributed by atoms with Crippen LogP contribution in [-0.4, -0.2) is 44.3 Å². The number of ether oxygens (including phenoxy) is 1. The number of alkyl halides is 3. The van der Waals surface area contributed by atoms with Crippen molar-refractivity contribution in [3.63, 3.8) is 0 Å². The van der Waals surface area contributed by atoms with E-state index in [1.807, 2.05) is 0 Å².